The Labute approximate surface area is 210 Å². The Morgan fingerprint density at radius 3 is 2.28 bits per heavy atom. The lowest BCUT2D eigenvalue weighted by molar-refractivity contribution is -0.207. The van der Waals surface area contributed by atoms with Gasteiger partial charge in [-0.3, -0.25) is 9.35 Å². The van der Waals surface area contributed by atoms with E-state index in [4.69, 9.17) is 23.5 Å². The van der Waals surface area contributed by atoms with Gasteiger partial charge in [0.1, 0.15) is 0 Å². The first-order valence-corrected chi connectivity index (χ1v) is 13.7. The van der Waals surface area contributed by atoms with Gasteiger partial charge >= 0.3 is 27.3 Å². The average molecular weight is 539 g/mol. The summed E-state index contributed by atoms with van der Waals surface area (Å²) < 4.78 is 79.1. The predicted octanol–water partition coefficient (Wildman–Crippen LogP) is 3.88. The third-order valence-corrected chi connectivity index (χ3v) is 8.33. The first kappa shape index (κ1) is 28.9. The fourth-order valence-electron chi connectivity index (χ4n) is 6.32. The fourth-order valence-corrected chi connectivity index (χ4v) is 6.53. The molecule has 4 saturated carbocycles. The molecule has 3 unspecified atom stereocenters. The molecule has 0 radical (unpaired) electrons. The number of unbranched alkanes of at least 4 members (excludes halogenated alkanes) is 1. The molecule has 1 N–H and O–H groups in total. The first-order chi connectivity index (χ1) is 16.7. The van der Waals surface area contributed by atoms with Gasteiger partial charge in [-0.05, 0) is 82.5 Å². The Kier molecular flexibility index (Phi) is 8.84. The molecular formula is C24H36F2O9S. The quantitative estimate of drug-likeness (QED) is 0.115. The van der Waals surface area contributed by atoms with Gasteiger partial charge in [0, 0.05) is 12.2 Å². The van der Waals surface area contributed by atoms with Crippen LogP contribution in [0.25, 0.3) is 0 Å². The summed E-state index contributed by atoms with van der Waals surface area (Å²) in [4.78, 5) is 24.3. The van der Waals surface area contributed by atoms with Crippen LogP contribution in [0.3, 0.4) is 0 Å². The van der Waals surface area contributed by atoms with Crippen LogP contribution in [0.2, 0.25) is 0 Å². The van der Waals surface area contributed by atoms with Crippen molar-refractivity contribution >= 4 is 22.1 Å². The van der Waals surface area contributed by atoms with Gasteiger partial charge in [0.05, 0.1) is 18.6 Å². The summed E-state index contributed by atoms with van der Waals surface area (Å²) in [6.45, 7) is 6.24. The highest BCUT2D eigenvalue weighted by Gasteiger charge is 2.62. The lowest BCUT2D eigenvalue weighted by atomic mass is 9.44. The largest absolute Gasteiger partial charge is 0.462 e. The number of ether oxygens (including phenoxy) is 4. The topological polar surface area (TPSA) is 125 Å². The second kappa shape index (κ2) is 11.0. The van der Waals surface area contributed by atoms with Crippen LogP contribution in [-0.4, -0.2) is 62.9 Å². The van der Waals surface area contributed by atoms with Gasteiger partial charge in [0.25, 0.3) is 0 Å². The zero-order valence-corrected chi connectivity index (χ0v) is 21.6. The van der Waals surface area contributed by atoms with Crippen molar-refractivity contribution in [3.8, 4) is 0 Å². The molecule has 4 bridgehead atoms. The minimum absolute atomic E-state index is 0.239. The monoisotopic (exact) mass is 538 g/mol. The first-order valence-electron chi connectivity index (χ1n) is 12.2. The Morgan fingerprint density at radius 1 is 1.08 bits per heavy atom. The lowest BCUT2D eigenvalue weighted by Gasteiger charge is -2.60. The highest BCUT2D eigenvalue weighted by atomic mass is 32.2. The summed E-state index contributed by atoms with van der Waals surface area (Å²) in [6.07, 6.45) is 4.96. The summed E-state index contributed by atoms with van der Waals surface area (Å²) in [5.41, 5.74) is -0.902. The van der Waals surface area contributed by atoms with E-state index in [9.17, 15) is 26.8 Å². The van der Waals surface area contributed by atoms with Gasteiger partial charge in [-0.2, -0.15) is 17.2 Å². The SMILES string of the molecule is C=C(C)C(=O)OCCCCOC(C)OCC12CC3CC(C1)CC(C(=O)OCC(F)(F)S(=O)(=O)O)(C3)C2. The van der Waals surface area contributed by atoms with Crippen LogP contribution in [0.1, 0.15) is 65.2 Å². The summed E-state index contributed by atoms with van der Waals surface area (Å²) in [6, 6.07) is 0. The Balaban J connectivity index is 1.48. The fraction of sp³-hybridized carbons (Fsp3) is 0.833. The normalized spacial score (nSPS) is 30.1. The second-order valence-corrected chi connectivity index (χ2v) is 12.4. The average Bonchev–Trinajstić information content (AvgIpc) is 2.76. The smallest absolute Gasteiger partial charge is 0.402 e. The van der Waals surface area contributed by atoms with Crippen molar-refractivity contribution in [3.63, 3.8) is 0 Å². The number of carbonyl (C=O) groups excluding carboxylic acids is 2. The van der Waals surface area contributed by atoms with Gasteiger partial charge in [-0.1, -0.05) is 6.58 Å². The van der Waals surface area contributed by atoms with Crippen LogP contribution in [0, 0.1) is 22.7 Å². The number of halogens is 2. The van der Waals surface area contributed by atoms with E-state index in [2.05, 4.69) is 6.58 Å². The van der Waals surface area contributed by atoms with Crippen LogP contribution < -0.4 is 0 Å². The van der Waals surface area contributed by atoms with Crippen molar-refractivity contribution in [1.82, 2.24) is 0 Å². The Morgan fingerprint density at radius 2 is 1.69 bits per heavy atom. The number of carbonyl (C=O) groups is 2. The standard InChI is InChI=1S/C24H36F2O9S/c1-16(2)20(27)33-7-5-4-6-32-17(3)34-14-22-9-18-8-19(10-22)12-23(11-18,13-22)21(28)35-15-24(25,26)36(29,30)31/h17-19H,1,4-15H2,2-3H3,(H,29,30,31). The molecule has 9 nitrogen and oxygen atoms in total. The molecule has 0 amide bonds. The molecule has 4 aliphatic rings. The van der Waals surface area contributed by atoms with Crippen LogP contribution >= 0.6 is 0 Å². The molecule has 206 valence electrons. The number of alkyl halides is 2. The van der Waals surface area contributed by atoms with Crippen molar-refractivity contribution in [2.45, 2.75) is 76.8 Å². The highest BCUT2D eigenvalue weighted by molar-refractivity contribution is 7.86. The zero-order valence-electron chi connectivity index (χ0n) is 20.8. The maximum Gasteiger partial charge on any atom is 0.402 e. The Bertz CT molecular complexity index is 935. The summed E-state index contributed by atoms with van der Waals surface area (Å²) in [7, 11) is -5.67. The molecule has 0 aromatic carbocycles. The van der Waals surface area contributed by atoms with Gasteiger partial charge in [-0.25, -0.2) is 4.79 Å². The summed E-state index contributed by atoms with van der Waals surface area (Å²) >= 11 is 0. The molecule has 4 rings (SSSR count). The van der Waals surface area contributed by atoms with Crippen LogP contribution in [0.4, 0.5) is 8.78 Å². The van der Waals surface area contributed by atoms with Gasteiger partial charge in [-0.15, -0.1) is 0 Å². The number of hydrogen-bond acceptors (Lipinski definition) is 8. The predicted molar refractivity (Wildman–Crippen MR) is 123 cm³/mol. The van der Waals surface area contributed by atoms with Crippen molar-refractivity contribution in [3.05, 3.63) is 12.2 Å². The van der Waals surface area contributed by atoms with Crippen molar-refractivity contribution in [2.75, 3.05) is 26.4 Å². The molecule has 12 heteroatoms. The van der Waals surface area contributed by atoms with Crippen LogP contribution in [-0.2, 0) is 38.7 Å². The molecule has 0 heterocycles. The number of rotatable bonds is 14. The third kappa shape index (κ3) is 6.81. The van der Waals surface area contributed by atoms with Gasteiger partial charge < -0.3 is 18.9 Å². The van der Waals surface area contributed by atoms with E-state index in [0.717, 1.165) is 19.3 Å². The summed E-state index contributed by atoms with van der Waals surface area (Å²) in [5, 5.41) is -4.55. The van der Waals surface area contributed by atoms with Crippen LogP contribution in [0.5, 0.6) is 0 Å². The molecule has 4 aliphatic carbocycles. The highest BCUT2D eigenvalue weighted by Crippen LogP contribution is 2.65. The van der Waals surface area contributed by atoms with Crippen molar-refractivity contribution < 1.29 is 50.3 Å². The van der Waals surface area contributed by atoms with Gasteiger partial charge in [0.2, 0.25) is 0 Å². The molecule has 0 spiro atoms. The van der Waals surface area contributed by atoms with E-state index < -0.39 is 45.6 Å². The van der Waals surface area contributed by atoms with E-state index in [1.165, 1.54) is 0 Å². The minimum atomic E-state index is -5.67. The molecule has 0 saturated heterocycles. The molecule has 36 heavy (non-hydrogen) atoms. The van der Waals surface area contributed by atoms with E-state index in [-0.39, 0.29) is 23.9 Å². The van der Waals surface area contributed by atoms with E-state index in [1.807, 2.05) is 0 Å². The van der Waals surface area contributed by atoms with Crippen LogP contribution in [0.15, 0.2) is 12.2 Å². The Hall–Kier alpha value is -1.63. The van der Waals surface area contributed by atoms with Crippen molar-refractivity contribution in [1.29, 1.82) is 0 Å². The number of esters is 2. The lowest BCUT2D eigenvalue weighted by Crippen LogP contribution is -2.57. The molecule has 0 aromatic heterocycles. The minimum Gasteiger partial charge on any atom is -0.462 e. The molecule has 4 fully saturated rings. The molecule has 3 atom stereocenters. The van der Waals surface area contributed by atoms with Gasteiger partial charge in [0.15, 0.2) is 12.9 Å². The van der Waals surface area contributed by atoms with E-state index in [0.29, 0.717) is 50.9 Å². The van der Waals surface area contributed by atoms with E-state index in [1.54, 1.807) is 13.8 Å². The maximum atomic E-state index is 13.6. The molecule has 0 aliphatic heterocycles. The summed E-state index contributed by atoms with van der Waals surface area (Å²) in [5.74, 6) is -0.775. The third-order valence-electron chi connectivity index (χ3n) is 7.46. The zero-order chi connectivity index (χ0) is 26.8. The number of hydrogen-bond donors (Lipinski definition) is 1. The maximum absolute atomic E-state index is 13.6. The van der Waals surface area contributed by atoms with E-state index >= 15 is 0 Å². The molecule has 0 aromatic rings. The van der Waals surface area contributed by atoms with Crippen molar-refractivity contribution in [2.24, 2.45) is 22.7 Å². The molecular weight excluding hydrogens is 502 g/mol. The second-order valence-electron chi connectivity index (χ2n) is 10.8.